The van der Waals surface area contributed by atoms with E-state index < -0.39 is 12.6 Å². The fourth-order valence-corrected chi connectivity index (χ4v) is 2.78. The van der Waals surface area contributed by atoms with E-state index in [-0.39, 0.29) is 17.1 Å². The lowest BCUT2D eigenvalue weighted by atomic mass is 10.1. The van der Waals surface area contributed by atoms with E-state index in [2.05, 4.69) is 4.98 Å². The van der Waals surface area contributed by atoms with Crippen LogP contribution in [0.2, 0.25) is 0 Å². The molecular weight excluding hydrogens is 350 g/mol. The number of aromatic amines is 1. The van der Waals surface area contributed by atoms with Crippen molar-refractivity contribution in [3.8, 4) is 17.2 Å². The predicted octanol–water partition coefficient (Wildman–Crippen LogP) is 3.23. The Labute approximate surface area is 155 Å². The van der Waals surface area contributed by atoms with Crippen LogP contribution in [0.5, 0.6) is 17.2 Å². The van der Waals surface area contributed by atoms with Gasteiger partial charge in [0.25, 0.3) is 0 Å². The van der Waals surface area contributed by atoms with Crippen LogP contribution in [0.25, 0.3) is 10.9 Å². The molecule has 1 heterocycles. The molecule has 3 aromatic rings. The molecule has 3 rings (SSSR count). The molecule has 0 bridgehead atoms. The lowest BCUT2D eigenvalue weighted by Crippen LogP contribution is -2.15. The number of fused-ring (bicyclic) bond motifs is 1. The van der Waals surface area contributed by atoms with Crippen LogP contribution in [0.1, 0.15) is 20.7 Å². The van der Waals surface area contributed by atoms with Gasteiger partial charge in [-0.3, -0.25) is 4.79 Å². The van der Waals surface area contributed by atoms with Crippen molar-refractivity contribution in [2.24, 2.45) is 0 Å². The molecule has 0 spiro atoms. The number of esters is 1. The van der Waals surface area contributed by atoms with Crippen molar-refractivity contribution in [3.05, 3.63) is 53.7 Å². The van der Waals surface area contributed by atoms with Crippen molar-refractivity contribution in [3.63, 3.8) is 0 Å². The summed E-state index contributed by atoms with van der Waals surface area (Å²) in [6.45, 7) is -0.391. The highest BCUT2D eigenvalue weighted by Gasteiger charge is 2.21. The fourth-order valence-electron chi connectivity index (χ4n) is 2.78. The number of para-hydroxylation sites is 1. The maximum atomic E-state index is 12.5. The molecule has 27 heavy (non-hydrogen) atoms. The molecule has 0 aliphatic rings. The molecule has 0 saturated carbocycles. The van der Waals surface area contributed by atoms with Crippen LogP contribution in [-0.4, -0.2) is 44.7 Å². The number of methoxy groups -OCH3 is 3. The van der Waals surface area contributed by atoms with Crippen LogP contribution in [0.4, 0.5) is 0 Å². The number of carbonyl (C=O) groups excluding carboxylic acids is 2. The summed E-state index contributed by atoms with van der Waals surface area (Å²) in [6, 6.07) is 10.4. The minimum absolute atomic E-state index is 0.141. The highest BCUT2D eigenvalue weighted by molar-refractivity contribution is 6.09. The zero-order chi connectivity index (χ0) is 19.4. The van der Waals surface area contributed by atoms with Crippen molar-refractivity contribution in [1.82, 2.24) is 4.98 Å². The van der Waals surface area contributed by atoms with E-state index in [1.165, 1.54) is 33.5 Å². The third kappa shape index (κ3) is 3.57. The summed E-state index contributed by atoms with van der Waals surface area (Å²) in [5.41, 5.74) is 1.45. The highest BCUT2D eigenvalue weighted by atomic mass is 16.5. The molecule has 1 N–H and O–H groups in total. The standard InChI is InChI=1S/C20H19NO6/c1-24-17-9-19(26-3)18(25-2)8-13(17)20(23)27-11-16(22)14-10-21-15-7-5-4-6-12(14)15/h4-10,21H,11H2,1-3H3. The molecule has 0 atom stereocenters. The van der Waals surface area contributed by atoms with Crippen LogP contribution in [0.15, 0.2) is 42.6 Å². The Hall–Kier alpha value is -3.48. The molecule has 0 aliphatic heterocycles. The Bertz CT molecular complexity index is 991. The second kappa shape index (κ2) is 7.82. The first-order chi connectivity index (χ1) is 13.1. The van der Waals surface area contributed by atoms with E-state index in [0.717, 1.165) is 10.9 Å². The minimum Gasteiger partial charge on any atom is -0.496 e. The normalized spacial score (nSPS) is 10.5. The quantitative estimate of drug-likeness (QED) is 0.508. The Kier molecular flexibility index (Phi) is 5.30. The van der Waals surface area contributed by atoms with E-state index in [9.17, 15) is 9.59 Å². The molecule has 0 radical (unpaired) electrons. The third-order valence-electron chi connectivity index (χ3n) is 4.15. The maximum absolute atomic E-state index is 12.5. The summed E-state index contributed by atoms with van der Waals surface area (Å²) in [4.78, 5) is 28.0. The van der Waals surface area contributed by atoms with Gasteiger partial charge >= 0.3 is 5.97 Å². The van der Waals surface area contributed by atoms with Crippen molar-refractivity contribution in [2.75, 3.05) is 27.9 Å². The Morgan fingerprint density at radius 2 is 1.56 bits per heavy atom. The van der Waals surface area contributed by atoms with Crippen LogP contribution in [-0.2, 0) is 4.74 Å². The first-order valence-corrected chi connectivity index (χ1v) is 8.15. The molecule has 1 aromatic heterocycles. The van der Waals surface area contributed by atoms with E-state index >= 15 is 0 Å². The second-order valence-electron chi connectivity index (χ2n) is 5.65. The molecule has 0 saturated heterocycles. The lowest BCUT2D eigenvalue weighted by molar-refractivity contribution is 0.0471. The number of rotatable bonds is 7. The summed E-state index contributed by atoms with van der Waals surface area (Å²) < 4.78 is 20.8. The van der Waals surface area contributed by atoms with Gasteiger partial charge in [-0.25, -0.2) is 4.79 Å². The van der Waals surface area contributed by atoms with E-state index in [1.54, 1.807) is 6.20 Å². The Balaban J connectivity index is 1.78. The summed E-state index contributed by atoms with van der Waals surface area (Å²) in [7, 11) is 4.37. The van der Waals surface area contributed by atoms with Crippen molar-refractivity contribution in [1.29, 1.82) is 0 Å². The molecule has 0 amide bonds. The molecule has 2 aromatic carbocycles. The molecule has 140 valence electrons. The number of benzene rings is 2. The topological polar surface area (TPSA) is 86.9 Å². The van der Waals surface area contributed by atoms with E-state index in [1.807, 2.05) is 24.3 Å². The molecule has 0 fully saturated rings. The minimum atomic E-state index is -0.694. The number of nitrogens with one attached hydrogen (secondary N) is 1. The number of hydrogen-bond donors (Lipinski definition) is 1. The van der Waals surface area contributed by atoms with Gasteiger partial charge in [-0.05, 0) is 6.07 Å². The van der Waals surface area contributed by atoms with Gasteiger partial charge in [0.05, 0.1) is 21.3 Å². The summed E-state index contributed by atoms with van der Waals surface area (Å²) in [5.74, 6) is 0.0346. The van der Waals surface area contributed by atoms with Crippen molar-refractivity contribution < 1.29 is 28.5 Å². The average molecular weight is 369 g/mol. The van der Waals surface area contributed by atoms with Gasteiger partial charge in [-0.2, -0.15) is 0 Å². The number of carbonyl (C=O) groups is 2. The third-order valence-corrected chi connectivity index (χ3v) is 4.15. The summed E-state index contributed by atoms with van der Waals surface area (Å²) >= 11 is 0. The van der Waals surface area contributed by atoms with Crippen LogP contribution in [0.3, 0.4) is 0 Å². The molecule has 0 aliphatic carbocycles. The van der Waals surface area contributed by atoms with Gasteiger partial charge in [0.15, 0.2) is 18.1 Å². The number of hydrogen-bond acceptors (Lipinski definition) is 6. The molecule has 7 nitrogen and oxygen atoms in total. The van der Waals surface area contributed by atoms with Crippen molar-refractivity contribution in [2.45, 2.75) is 0 Å². The predicted molar refractivity (Wildman–Crippen MR) is 99.0 cm³/mol. The van der Waals surface area contributed by atoms with Gasteiger partial charge in [-0.1, -0.05) is 18.2 Å². The largest absolute Gasteiger partial charge is 0.496 e. The lowest BCUT2D eigenvalue weighted by Gasteiger charge is -2.13. The maximum Gasteiger partial charge on any atom is 0.342 e. The zero-order valence-corrected chi connectivity index (χ0v) is 15.2. The van der Waals surface area contributed by atoms with Crippen LogP contribution in [0, 0.1) is 0 Å². The number of H-pyrrole nitrogens is 1. The number of ether oxygens (including phenoxy) is 4. The van der Waals surface area contributed by atoms with Crippen molar-refractivity contribution >= 4 is 22.7 Å². The van der Waals surface area contributed by atoms with Gasteiger partial charge in [-0.15, -0.1) is 0 Å². The molecule has 7 heteroatoms. The Morgan fingerprint density at radius 1 is 0.889 bits per heavy atom. The summed E-state index contributed by atoms with van der Waals surface area (Å²) in [5, 5.41) is 0.780. The van der Waals surface area contributed by atoms with E-state index in [0.29, 0.717) is 17.1 Å². The van der Waals surface area contributed by atoms with Gasteiger partial charge in [0.1, 0.15) is 11.3 Å². The van der Waals surface area contributed by atoms with Gasteiger partial charge < -0.3 is 23.9 Å². The first-order valence-electron chi connectivity index (χ1n) is 8.15. The monoisotopic (exact) mass is 369 g/mol. The average Bonchev–Trinajstić information content (AvgIpc) is 3.14. The number of ketones is 1. The SMILES string of the molecule is COc1cc(OC)c(C(=O)OCC(=O)c2c[nH]c3ccccc23)cc1OC. The van der Waals surface area contributed by atoms with Crippen LogP contribution >= 0.6 is 0 Å². The van der Waals surface area contributed by atoms with Crippen LogP contribution < -0.4 is 14.2 Å². The smallest absolute Gasteiger partial charge is 0.342 e. The molecular formula is C20H19NO6. The molecule has 0 unspecified atom stereocenters. The second-order valence-corrected chi connectivity index (χ2v) is 5.65. The Morgan fingerprint density at radius 3 is 2.26 bits per heavy atom. The number of aromatic nitrogens is 1. The fraction of sp³-hybridized carbons (Fsp3) is 0.200. The van der Waals surface area contributed by atoms with Gasteiger partial charge in [0, 0.05) is 34.8 Å². The zero-order valence-electron chi connectivity index (χ0n) is 15.2. The summed E-state index contributed by atoms with van der Waals surface area (Å²) in [6.07, 6.45) is 1.61. The first kappa shape index (κ1) is 18.3. The number of Topliss-reactive ketones (excluding diaryl/α,β-unsaturated/α-hetero) is 1. The van der Waals surface area contributed by atoms with E-state index in [4.69, 9.17) is 18.9 Å². The van der Waals surface area contributed by atoms with Gasteiger partial charge in [0.2, 0.25) is 5.78 Å². The highest BCUT2D eigenvalue weighted by Crippen LogP contribution is 2.35.